The van der Waals surface area contributed by atoms with E-state index in [0.717, 1.165) is 0 Å². The molecule has 5 nitrogen and oxygen atoms in total. The monoisotopic (exact) mass is 240 g/mol. The van der Waals surface area contributed by atoms with Gasteiger partial charge in [-0.3, -0.25) is 9.59 Å². The van der Waals surface area contributed by atoms with Crippen LogP contribution in [0.2, 0.25) is 0 Å². The van der Waals surface area contributed by atoms with E-state index in [1.165, 1.54) is 12.3 Å². The lowest BCUT2D eigenvalue weighted by molar-refractivity contribution is -0.148. The molecule has 0 bridgehead atoms. The number of carbonyl (C=O) groups is 2. The summed E-state index contributed by atoms with van der Waals surface area (Å²) in [7, 11) is 0. The molecule has 0 amide bonds. The van der Waals surface area contributed by atoms with Gasteiger partial charge in [0.05, 0.1) is 19.5 Å². The van der Waals surface area contributed by atoms with E-state index in [4.69, 9.17) is 13.9 Å². The van der Waals surface area contributed by atoms with E-state index in [2.05, 4.69) is 0 Å². The van der Waals surface area contributed by atoms with Crippen molar-refractivity contribution in [2.45, 2.75) is 13.8 Å². The van der Waals surface area contributed by atoms with E-state index < -0.39 is 17.7 Å². The highest BCUT2D eigenvalue weighted by molar-refractivity contribution is 6.07. The first-order chi connectivity index (χ1) is 8.20. The van der Waals surface area contributed by atoms with Crippen LogP contribution in [0.1, 0.15) is 24.4 Å². The van der Waals surface area contributed by atoms with Crippen LogP contribution >= 0.6 is 0 Å². The lowest BCUT2D eigenvalue weighted by Crippen LogP contribution is -2.30. The molecule has 1 unspecified atom stereocenters. The Morgan fingerprint density at radius 1 is 1.35 bits per heavy atom. The van der Waals surface area contributed by atoms with Gasteiger partial charge in [-0.1, -0.05) is 0 Å². The van der Waals surface area contributed by atoms with E-state index >= 15 is 0 Å². The lowest BCUT2D eigenvalue weighted by atomic mass is 10.0. The Balaban J connectivity index is 2.75. The standard InChI is InChI=1S/C12H16O5/c1-3-15-8-9(12(14)16-4-2)11(13)10-6-5-7-17-10/h5-7,9H,3-4,8H2,1-2H3. The Morgan fingerprint density at radius 3 is 2.65 bits per heavy atom. The Bertz CT molecular complexity index is 355. The summed E-state index contributed by atoms with van der Waals surface area (Å²) in [6.45, 7) is 4.15. The van der Waals surface area contributed by atoms with Crippen molar-refractivity contribution in [1.82, 2.24) is 0 Å². The molecule has 0 aromatic carbocycles. The molecule has 1 aromatic rings. The van der Waals surface area contributed by atoms with Gasteiger partial charge in [-0.15, -0.1) is 0 Å². The molecule has 0 spiro atoms. The quantitative estimate of drug-likeness (QED) is 0.412. The van der Waals surface area contributed by atoms with Crippen LogP contribution in [0, 0.1) is 5.92 Å². The first-order valence-corrected chi connectivity index (χ1v) is 5.52. The van der Waals surface area contributed by atoms with Gasteiger partial charge in [-0.2, -0.15) is 0 Å². The average molecular weight is 240 g/mol. The molecular weight excluding hydrogens is 224 g/mol. The third kappa shape index (κ3) is 3.71. The number of rotatable bonds is 7. The van der Waals surface area contributed by atoms with Crippen molar-refractivity contribution >= 4 is 11.8 Å². The Kier molecular flexibility index (Phi) is 5.42. The number of carbonyl (C=O) groups excluding carboxylic acids is 2. The minimum absolute atomic E-state index is 0.00880. The van der Waals surface area contributed by atoms with Crippen LogP contribution in [-0.2, 0) is 14.3 Å². The predicted octanol–water partition coefficient (Wildman–Crippen LogP) is 1.68. The minimum atomic E-state index is -0.957. The van der Waals surface area contributed by atoms with Crippen LogP contribution in [0.4, 0.5) is 0 Å². The number of hydrogen-bond acceptors (Lipinski definition) is 5. The van der Waals surface area contributed by atoms with E-state index in [0.29, 0.717) is 6.61 Å². The van der Waals surface area contributed by atoms with Gasteiger partial charge in [-0.25, -0.2) is 0 Å². The lowest BCUT2D eigenvalue weighted by Gasteiger charge is -2.12. The minimum Gasteiger partial charge on any atom is -0.465 e. The molecule has 0 aliphatic heterocycles. The summed E-state index contributed by atoms with van der Waals surface area (Å²) in [5.74, 6) is -1.81. The molecule has 0 saturated heterocycles. The molecule has 1 heterocycles. The summed E-state index contributed by atoms with van der Waals surface area (Å²) in [4.78, 5) is 23.6. The van der Waals surface area contributed by atoms with Gasteiger partial charge in [0.15, 0.2) is 5.76 Å². The number of ketones is 1. The SMILES string of the molecule is CCOCC(C(=O)OCC)C(=O)c1ccco1. The van der Waals surface area contributed by atoms with Crippen LogP contribution in [0.3, 0.4) is 0 Å². The van der Waals surface area contributed by atoms with Crippen molar-refractivity contribution in [3.63, 3.8) is 0 Å². The summed E-state index contributed by atoms with van der Waals surface area (Å²) in [6, 6.07) is 3.11. The topological polar surface area (TPSA) is 65.7 Å². The van der Waals surface area contributed by atoms with E-state index in [1.54, 1.807) is 19.9 Å². The van der Waals surface area contributed by atoms with Crippen molar-refractivity contribution in [3.8, 4) is 0 Å². The molecule has 1 rings (SSSR count). The molecule has 1 atom stereocenters. The summed E-state index contributed by atoms with van der Waals surface area (Å²) < 4.78 is 14.9. The second kappa shape index (κ2) is 6.85. The molecule has 0 radical (unpaired) electrons. The molecule has 94 valence electrons. The molecule has 0 aliphatic carbocycles. The van der Waals surface area contributed by atoms with Gasteiger partial charge in [0.2, 0.25) is 5.78 Å². The molecule has 0 saturated carbocycles. The normalized spacial score (nSPS) is 12.1. The smallest absolute Gasteiger partial charge is 0.319 e. The van der Waals surface area contributed by atoms with Crippen LogP contribution in [0.15, 0.2) is 22.8 Å². The van der Waals surface area contributed by atoms with Crippen molar-refractivity contribution in [3.05, 3.63) is 24.2 Å². The number of ether oxygens (including phenoxy) is 2. The maximum Gasteiger partial charge on any atom is 0.319 e. The molecule has 1 aromatic heterocycles. The summed E-state index contributed by atoms with van der Waals surface area (Å²) in [5.41, 5.74) is 0. The second-order valence-electron chi connectivity index (χ2n) is 3.31. The number of esters is 1. The molecule has 0 N–H and O–H groups in total. The van der Waals surface area contributed by atoms with Crippen molar-refractivity contribution in [2.24, 2.45) is 5.92 Å². The van der Waals surface area contributed by atoms with E-state index in [-0.39, 0.29) is 19.0 Å². The predicted molar refractivity (Wildman–Crippen MR) is 59.7 cm³/mol. The third-order valence-electron chi connectivity index (χ3n) is 2.14. The van der Waals surface area contributed by atoms with Crippen LogP contribution in [0.25, 0.3) is 0 Å². The zero-order valence-corrected chi connectivity index (χ0v) is 9.97. The fourth-order valence-corrected chi connectivity index (χ4v) is 1.32. The highest BCUT2D eigenvalue weighted by atomic mass is 16.5. The van der Waals surface area contributed by atoms with E-state index in [1.807, 2.05) is 0 Å². The van der Waals surface area contributed by atoms with Crippen molar-refractivity contribution in [1.29, 1.82) is 0 Å². The fraction of sp³-hybridized carbons (Fsp3) is 0.500. The van der Waals surface area contributed by atoms with Gasteiger partial charge >= 0.3 is 5.97 Å². The molecule has 5 heteroatoms. The Hall–Kier alpha value is -1.62. The zero-order valence-electron chi connectivity index (χ0n) is 9.97. The first-order valence-electron chi connectivity index (χ1n) is 5.52. The second-order valence-corrected chi connectivity index (χ2v) is 3.31. The van der Waals surface area contributed by atoms with Crippen LogP contribution < -0.4 is 0 Å². The maximum atomic E-state index is 12.0. The van der Waals surface area contributed by atoms with Gasteiger partial charge < -0.3 is 13.9 Å². The molecule has 0 fully saturated rings. The van der Waals surface area contributed by atoms with E-state index in [9.17, 15) is 9.59 Å². The van der Waals surface area contributed by atoms with Crippen LogP contribution in [-0.4, -0.2) is 31.6 Å². The maximum absolute atomic E-state index is 12.0. The Morgan fingerprint density at radius 2 is 2.12 bits per heavy atom. The largest absolute Gasteiger partial charge is 0.465 e. The average Bonchev–Trinajstić information content (AvgIpc) is 2.83. The van der Waals surface area contributed by atoms with Gasteiger partial charge in [0.1, 0.15) is 5.92 Å². The van der Waals surface area contributed by atoms with Gasteiger partial charge in [0.25, 0.3) is 0 Å². The summed E-state index contributed by atoms with van der Waals surface area (Å²) >= 11 is 0. The number of hydrogen-bond donors (Lipinski definition) is 0. The summed E-state index contributed by atoms with van der Waals surface area (Å²) in [6.07, 6.45) is 1.39. The molecule has 0 aliphatic rings. The Labute approximate surface area is 99.7 Å². The fourth-order valence-electron chi connectivity index (χ4n) is 1.32. The first kappa shape index (κ1) is 13.4. The molecular formula is C12H16O5. The van der Waals surface area contributed by atoms with Gasteiger partial charge in [0, 0.05) is 6.61 Å². The number of furan rings is 1. The van der Waals surface area contributed by atoms with Crippen molar-refractivity contribution < 1.29 is 23.5 Å². The number of Topliss-reactive ketones (excluding diaryl/α,β-unsaturated/α-hetero) is 1. The third-order valence-corrected chi connectivity index (χ3v) is 2.14. The van der Waals surface area contributed by atoms with Gasteiger partial charge in [-0.05, 0) is 26.0 Å². The molecule has 17 heavy (non-hydrogen) atoms. The highest BCUT2D eigenvalue weighted by Crippen LogP contribution is 2.12. The van der Waals surface area contributed by atoms with Crippen LogP contribution in [0.5, 0.6) is 0 Å². The highest BCUT2D eigenvalue weighted by Gasteiger charge is 2.30. The summed E-state index contributed by atoms with van der Waals surface area (Å²) in [5, 5.41) is 0. The zero-order chi connectivity index (χ0) is 12.7. The van der Waals surface area contributed by atoms with Crippen molar-refractivity contribution in [2.75, 3.05) is 19.8 Å².